The van der Waals surface area contributed by atoms with Crippen molar-refractivity contribution in [3.05, 3.63) is 25.1 Å². The Hall–Kier alpha value is 0.400. The van der Waals surface area contributed by atoms with Gasteiger partial charge in [-0.05, 0) is 57.3 Å². The fourth-order valence-electron chi connectivity index (χ4n) is 0.575. The summed E-state index contributed by atoms with van der Waals surface area (Å²) >= 11 is 3.70. The highest BCUT2D eigenvalue weighted by molar-refractivity contribution is 14.1. The van der Waals surface area contributed by atoms with E-state index in [0.29, 0.717) is 3.70 Å². The summed E-state index contributed by atoms with van der Waals surface area (Å²) in [6.07, 6.45) is -4.34. The minimum absolute atomic E-state index is 0.378. The predicted molar refractivity (Wildman–Crippen MR) is 54.7 cm³/mol. The SMILES string of the molecule is FC(F)(F)c1ccc(I)c(I)n1. The van der Waals surface area contributed by atoms with E-state index in [1.165, 1.54) is 6.07 Å². The van der Waals surface area contributed by atoms with Crippen LogP contribution in [0.15, 0.2) is 12.1 Å². The second kappa shape index (κ2) is 3.64. The molecule has 0 unspecified atom stereocenters. The van der Waals surface area contributed by atoms with Gasteiger partial charge in [0.05, 0.1) is 0 Å². The largest absolute Gasteiger partial charge is 0.433 e. The quantitative estimate of drug-likeness (QED) is 0.482. The first-order chi connectivity index (χ1) is 5.41. The monoisotopic (exact) mass is 399 g/mol. The second-order valence-corrected chi connectivity index (χ2v) is 4.15. The standard InChI is InChI=1S/C6H2F3I2N/c7-6(8,9)4-2-1-3(10)5(11)12-4/h1-2H. The van der Waals surface area contributed by atoms with Crippen molar-refractivity contribution in [2.45, 2.75) is 6.18 Å². The van der Waals surface area contributed by atoms with E-state index in [0.717, 1.165) is 9.64 Å². The molecule has 1 aromatic rings. The Morgan fingerprint density at radius 2 is 1.75 bits per heavy atom. The van der Waals surface area contributed by atoms with Crippen molar-refractivity contribution >= 4 is 45.2 Å². The van der Waals surface area contributed by atoms with Gasteiger partial charge < -0.3 is 0 Å². The van der Waals surface area contributed by atoms with Gasteiger partial charge in [0, 0.05) is 3.57 Å². The van der Waals surface area contributed by atoms with Gasteiger partial charge in [0.25, 0.3) is 0 Å². The molecule has 0 radical (unpaired) electrons. The van der Waals surface area contributed by atoms with Crippen LogP contribution in [0.25, 0.3) is 0 Å². The number of pyridine rings is 1. The molecule has 0 atom stereocenters. The summed E-state index contributed by atoms with van der Waals surface area (Å²) in [5, 5.41) is 0. The molecule has 66 valence electrons. The summed E-state index contributed by atoms with van der Waals surface area (Å²) in [6.45, 7) is 0. The third kappa shape index (κ3) is 2.44. The Kier molecular flexibility index (Phi) is 3.18. The van der Waals surface area contributed by atoms with Gasteiger partial charge in [0.1, 0.15) is 9.39 Å². The molecule has 0 amide bonds. The van der Waals surface area contributed by atoms with Crippen LogP contribution in [0.1, 0.15) is 5.69 Å². The van der Waals surface area contributed by atoms with E-state index in [1.54, 1.807) is 22.6 Å². The van der Waals surface area contributed by atoms with Crippen LogP contribution in [-0.2, 0) is 6.18 Å². The lowest BCUT2D eigenvalue weighted by Gasteiger charge is -2.05. The molecule has 1 rings (SSSR count). The zero-order chi connectivity index (χ0) is 9.35. The Morgan fingerprint density at radius 1 is 1.17 bits per heavy atom. The van der Waals surface area contributed by atoms with E-state index in [1.807, 2.05) is 22.6 Å². The first-order valence-corrected chi connectivity index (χ1v) is 4.96. The molecule has 0 aliphatic heterocycles. The van der Waals surface area contributed by atoms with E-state index < -0.39 is 11.9 Å². The third-order valence-electron chi connectivity index (χ3n) is 1.09. The number of rotatable bonds is 0. The summed E-state index contributed by atoms with van der Waals surface area (Å²) in [5.74, 6) is 0. The van der Waals surface area contributed by atoms with Crippen molar-refractivity contribution in [3.63, 3.8) is 0 Å². The Morgan fingerprint density at radius 3 is 2.17 bits per heavy atom. The minimum Gasteiger partial charge on any atom is -0.236 e. The molecule has 0 saturated heterocycles. The lowest BCUT2D eigenvalue weighted by atomic mass is 10.3. The molecule has 0 saturated carbocycles. The zero-order valence-electron chi connectivity index (χ0n) is 5.49. The molecule has 1 nitrogen and oxygen atoms in total. The number of hydrogen-bond acceptors (Lipinski definition) is 1. The van der Waals surface area contributed by atoms with Crippen molar-refractivity contribution in [3.8, 4) is 0 Å². The number of alkyl halides is 3. The van der Waals surface area contributed by atoms with Gasteiger partial charge in [-0.25, -0.2) is 4.98 Å². The predicted octanol–water partition coefficient (Wildman–Crippen LogP) is 3.31. The van der Waals surface area contributed by atoms with Crippen LogP contribution in [0, 0.1) is 7.27 Å². The molecule has 6 heteroatoms. The van der Waals surface area contributed by atoms with Crippen LogP contribution in [0.3, 0.4) is 0 Å². The van der Waals surface area contributed by atoms with E-state index in [2.05, 4.69) is 4.98 Å². The lowest BCUT2D eigenvalue weighted by molar-refractivity contribution is -0.141. The van der Waals surface area contributed by atoms with Crippen molar-refractivity contribution in [1.29, 1.82) is 0 Å². The van der Waals surface area contributed by atoms with Crippen LogP contribution in [0.2, 0.25) is 0 Å². The first-order valence-electron chi connectivity index (χ1n) is 2.80. The summed E-state index contributed by atoms with van der Waals surface area (Å²) in [7, 11) is 0. The topological polar surface area (TPSA) is 12.9 Å². The van der Waals surface area contributed by atoms with Gasteiger partial charge in [0.15, 0.2) is 0 Å². The van der Waals surface area contributed by atoms with E-state index >= 15 is 0 Å². The van der Waals surface area contributed by atoms with Gasteiger partial charge in [-0.15, -0.1) is 0 Å². The van der Waals surface area contributed by atoms with Crippen LogP contribution >= 0.6 is 45.2 Å². The molecular weight excluding hydrogens is 397 g/mol. The molecule has 0 aliphatic carbocycles. The number of hydrogen-bond donors (Lipinski definition) is 0. The maximum Gasteiger partial charge on any atom is 0.433 e. The molecule has 0 aromatic carbocycles. The average Bonchev–Trinajstić information content (AvgIpc) is 1.92. The van der Waals surface area contributed by atoms with Crippen molar-refractivity contribution in [2.24, 2.45) is 0 Å². The van der Waals surface area contributed by atoms with Gasteiger partial charge in [-0.3, -0.25) is 0 Å². The van der Waals surface area contributed by atoms with E-state index in [4.69, 9.17) is 0 Å². The second-order valence-electron chi connectivity index (χ2n) is 1.97. The molecule has 0 bridgehead atoms. The number of halogens is 5. The van der Waals surface area contributed by atoms with Crippen molar-refractivity contribution in [2.75, 3.05) is 0 Å². The first kappa shape index (κ1) is 10.5. The van der Waals surface area contributed by atoms with E-state index in [9.17, 15) is 13.2 Å². The molecular formula is C6H2F3I2N. The fourth-order valence-corrected chi connectivity index (χ4v) is 1.32. The maximum absolute atomic E-state index is 12.0. The number of nitrogens with zero attached hydrogens (tertiary/aromatic N) is 1. The highest BCUT2D eigenvalue weighted by Crippen LogP contribution is 2.28. The average molecular weight is 399 g/mol. The molecule has 0 aliphatic rings. The third-order valence-corrected chi connectivity index (χ3v) is 3.82. The summed E-state index contributed by atoms with van der Waals surface area (Å²) in [5.41, 5.74) is -0.840. The number of aromatic nitrogens is 1. The molecule has 1 aromatic heterocycles. The normalized spacial score (nSPS) is 11.8. The zero-order valence-corrected chi connectivity index (χ0v) is 9.81. The smallest absolute Gasteiger partial charge is 0.236 e. The Labute approximate surface area is 94.0 Å². The van der Waals surface area contributed by atoms with Crippen molar-refractivity contribution < 1.29 is 13.2 Å². The minimum atomic E-state index is -4.34. The molecule has 0 fully saturated rings. The van der Waals surface area contributed by atoms with Gasteiger partial charge in [0.2, 0.25) is 0 Å². The summed E-state index contributed by atoms with van der Waals surface area (Å²) < 4.78 is 37.2. The molecule has 0 spiro atoms. The molecule has 0 N–H and O–H groups in total. The van der Waals surface area contributed by atoms with Crippen LogP contribution in [0.5, 0.6) is 0 Å². The highest BCUT2D eigenvalue weighted by Gasteiger charge is 2.32. The Bertz CT molecular complexity index is 297. The molecule has 1 heterocycles. The van der Waals surface area contributed by atoms with Gasteiger partial charge in [-0.1, -0.05) is 0 Å². The van der Waals surface area contributed by atoms with Crippen molar-refractivity contribution in [1.82, 2.24) is 4.98 Å². The lowest BCUT2D eigenvalue weighted by Crippen LogP contribution is -2.08. The maximum atomic E-state index is 12.0. The van der Waals surface area contributed by atoms with Gasteiger partial charge >= 0.3 is 6.18 Å². The van der Waals surface area contributed by atoms with Crippen LogP contribution in [-0.4, -0.2) is 4.98 Å². The van der Waals surface area contributed by atoms with Crippen LogP contribution < -0.4 is 0 Å². The van der Waals surface area contributed by atoms with E-state index in [-0.39, 0.29) is 0 Å². The summed E-state index contributed by atoms with van der Waals surface area (Å²) in [4.78, 5) is 3.40. The summed E-state index contributed by atoms with van der Waals surface area (Å²) in [6, 6.07) is 2.38. The highest BCUT2D eigenvalue weighted by atomic mass is 127. The fraction of sp³-hybridized carbons (Fsp3) is 0.167. The van der Waals surface area contributed by atoms with Crippen LogP contribution in [0.4, 0.5) is 13.2 Å². The molecule has 12 heavy (non-hydrogen) atoms. The Balaban J connectivity index is 3.14. The van der Waals surface area contributed by atoms with Gasteiger partial charge in [-0.2, -0.15) is 13.2 Å².